The number of alkyl halides is 1. The van der Waals surface area contributed by atoms with Crippen molar-refractivity contribution < 1.29 is 19.1 Å². The predicted molar refractivity (Wildman–Crippen MR) is 87.9 cm³/mol. The summed E-state index contributed by atoms with van der Waals surface area (Å²) in [6, 6.07) is 0. The fourth-order valence-electron chi connectivity index (χ4n) is 1.68. The van der Waals surface area contributed by atoms with Crippen LogP contribution in [0.3, 0.4) is 0 Å². The van der Waals surface area contributed by atoms with Crippen molar-refractivity contribution in [3.8, 4) is 0 Å². The normalized spacial score (nSPS) is 13.6. The Morgan fingerprint density at radius 2 is 1.40 bits per heavy atom. The van der Waals surface area contributed by atoms with Crippen LogP contribution in [0.15, 0.2) is 0 Å². The minimum atomic E-state index is -0.460. The maximum absolute atomic E-state index is 12.0. The summed E-state index contributed by atoms with van der Waals surface area (Å²) >= 11 is 2.01. The van der Waals surface area contributed by atoms with Crippen molar-refractivity contribution in [2.24, 2.45) is 5.92 Å². The van der Waals surface area contributed by atoms with E-state index >= 15 is 0 Å². The molecule has 0 spiro atoms. The van der Waals surface area contributed by atoms with E-state index in [0.717, 1.165) is 32.1 Å². The van der Waals surface area contributed by atoms with Crippen molar-refractivity contribution >= 4 is 34.5 Å². The van der Waals surface area contributed by atoms with E-state index < -0.39 is 9.84 Å². The molecule has 0 amide bonds. The van der Waals surface area contributed by atoms with E-state index in [0.29, 0.717) is 19.6 Å². The third-order valence-electron chi connectivity index (χ3n) is 2.97. The number of rotatable bonds is 11. The Morgan fingerprint density at radius 3 is 1.85 bits per heavy atom. The third-order valence-corrected chi connectivity index (χ3v) is 4.34. The van der Waals surface area contributed by atoms with Gasteiger partial charge in [0, 0.05) is 0 Å². The molecule has 20 heavy (non-hydrogen) atoms. The molecule has 4 nitrogen and oxygen atoms in total. The van der Waals surface area contributed by atoms with Gasteiger partial charge in [-0.15, -0.1) is 0 Å². The molecule has 0 saturated heterocycles. The first-order valence-corrected chi connectivity index (χ1v) is 8.80. The van der Waals surface area contributed by atoms with E-state index in [1.54, 1.807) is 0 Å². The molecule has 0 aromatic heterocycles. The van der Waals surface area contributed by atoms with Crippen LogP contribution < -0.4 is 0 Å². The summed E-state index contributed by atoms with van der Waals surface area (Å²) in [5.41, 5.74) is 0. The first-order valence-electron chi connectivity index (χ1n) is 7.55. The molecule has 5 heteroatoms. The molecule has 0 aliphatic carbocycles. The van der Waals surface area contributed by atoms with Crippen molar-refractivity contribution in [2.75, 3.05) is 13.2 Å². The van der Waals surface area contributed by atoms with Crippen molar-refractivity contribution in [3.05, 3.63) is 0 Å². The highest BCUT2D eigenvalue weighted by Crippen LogP contribution is 2.22. The van der Waals surface area contributed by atoms with Crippen LogP contribution >= 0.6 is 22.6 Å². The second-order valence-corrected chi connectivity index (χ2v) is 6.18. The molecule has 0 bridgehead atoms. The van der Waals surface area contributed by atoms with Crippen LogP contribution in [0.1, 0.15) is 59.3 Å². The average molecular weight is 398 g/mol. The SMILES string of the molecule is CCCCOC(=O)C(I)C(CCC)C(=O)OCCCC. The lowest BCUT2D eigenvalue weighted by Crippen LogP contribution is -2.33. The van der Waals surface area contributed by atoms with Crippen LogP contribution in [-0.4, -0.2) is 29.1 Å². The zero-order valence-electron chi connectivity index (χ0n) is 12.8. The summed E-state index contributed by atoms with van der Waals surface area (Å²) < 4.78 is 9.98. The van der Waals surface area contributed by atoms with Crippen molar-refractivity contribution in [1.82, 2.24) is 0 Å². The molecule has 0 saturated carbocycles. The first-order chi connectivity index (χ1) is 9.58. The Hall–Kier alpha value is -0.330. The third kappa shape index (κ3) is 8.07. The largest absolute Gasteiger partial charge is 0.465 e. The van der Waals surface area contributed by atoms with Crippen LogP contribution in [-0.2, 0) is 19.1 Å². The molecular weight excluding hydrogens is 371 g/mol. The van der Waals surface area contributed by atoms with E-state index in [4.69, 9.17) is 9.47 Å². The van der Waals surface area contributed by atoms with Gasteiger partial charge in [0.1, 0.15) is 3.92 Å². The van der Waals surface area contributed by atoms with Crippen LogP contribution in [0.2, 0.25) is 0 Å². The van der Waals surface area contributed by atoms with Gasteiger partial charge in [-0.25, -0.2) is 0 Å². The Kier molecular flexibility index (Phi) is 12.2. The van der Waals surface area contributed by atoms with Gasteiger partial charge in [-0.3, -0.25) is 9.59 Å². The smallest absolute Gasteiger partial charge is 0.319 e. The summed E-state index contributed by atoms with van der Waals surface area (Å²) in [5, 5.41) is 0. The molecule has 0 aliphatic rings. The molecule has 2 atom stereocenters. The van der Waals surface area contributed by atoms with Gasteiger partial charge in [-0.05, 0) is 19.3 Å². The molecule has 0 aliphatic heterocycles. The number of carbonyl (C=O) groups is 2. The number of carbonyl (C=O) groups excluding carboxylic acids is 2. The van der Waals surface area contributed by atoms with Gasteiger partial charge >= 0.3 is 11.9 Å². The van der Waals surface area contributed by atoms with Gasteiger partial charge in [0.15, 0.2) is 0 Å². The average Bonchev–Trinajstić information content (AvgIpc) is 2.44. The van der Waals surface area contributed by atoms with E-state index in [-0.39, 0.29) is 11.9 Å². The maximum Gasteiger partial charge on any atom is 0.319 e. The quantitative estimate of drug-likeness (QED) is 0.229. The monoisotopic (exact) mass is 398 g/mol. The van der Waals surface area contributed by atoms with Gasteiger partial charge in [0.2, 0.25) is 0 Å². The zero-order chi connectivity index (χ0) is 15.4. The van der Waals surface area contributed by atoms with Crippen LogP contribution in [0.5, 0.6) is 0 Å². The molecule has 2 unspecified atom stereocenters. The summed E-state index contributed by atoms with van der Waals surface area (Å²) in [5.74, 6) is -0.969. The molecule has 0 rings (SSSR count). The Balaban J connectivity index is 4.39. The molecular formula is C15H27IO4. The minimum Gasteiger partial charge on any atom is -0.465 e. The minimum absolute atomic E-state index is 0.271. The number of halogens is 1. The fourth-order valence-corrected chi connectivity index (χ4v) is 2.51. The number of ether oxygens (including phenoxy) is 2. The number of hydrogen-bond donors (Lipinski definition) is 0. The summed E-state index contributed by atoms with van der Waals surface area (Å²) in [6.07, 6.45) is 5.18. The molecule has 0 fully saturated rings. The lowest BCUT2D eigenvalue weighted by Gasteiger charge is -2.19. The second kappa shape index (κ2) is 12.4. The molecule has 0 heterocycles. The van der Waals surface area contributed by atoms with Crippen molar-refractivity contribution in [2.45, 2.75) is 63.2 Å². The van der Waals surface area contributed by atoms with Crippen LogP contribution in [0.4, 0.5) is 0 Å². The van der Waals surface area contributed by atoms with Gasteiger partial charge < -0.3 is 9.47 Å². The van der Waals surface area contributed by atoms with Gasteiger partial charge in [-0.1, -0.05) is 62.6 Å². The topological polar surface area (TPSA) is 52.6 Å². The summed E-state index contributed by atoms with van der Waals surface area (Å²) in [4.78, 5) is 24.0. The number of esters is 2. The highest BCUT2D eigenvalue weighted by Gasteiger charge is 2.33. The number of unbranched alkanes of at least 4 members (excludes halogenated alkanes) is 2. The predicted octanol–water partition coefficient (Wildman–Crippen LogP) is 3.89. The number of hydrogen-bond acceptors (Lipinski definition) is 4. The van der Waals surface area contributed by atoms with E-state index in [1.807, 2.05) is 43.4 Å². The van der Waals surface area contributed by atoms with Gasteiger partial charge in [0.05, 0.1) is 19.1 Å². The Morgan fingerprint density at radius 1 is 0.900 bits per heavy atom. The fraction of sp³-hybridized carbons (Fsp3) is 0.867. The first kappa shape index (κ1) is 19.7. The molecule has 0 N–H and O–H groups in total. The Labute approximate surface area is 136 Å². The van der Waals surface area contributed by atoms with E-state index in [1.165, 1.54) is 0 Å². The van der Waals surface area contributed by atoms with Gasteiger partial charge in [-0.2, -0.15) is 0 Å². The molecule has 0 aromatic rings. The standard InChI is InChI=1S/C15H27IO4/c1-4-7-10-19-14(17)12(9-6-3)13(16)15(18)20-11-8-5-2/h12-13H,4-11H2,1-3H3. The molecule has 0 aromatic carbocycles. The lowest BCUT2D eigenvalue weighted by atomic mass is 10.00. The molecule has 0 radical (unpaired) electrons. The lowest BCUT2D eigenvalue weighted by molar-refractivity contribution is -0.154. The van der Waals surface area contributed by atoms with Gasteiger partial charge in [0.25, 0.3) is 0 Å². The molecule has 118 valence electrons. The summed E-state index contributed by atoms with van der Waals surface area (Å²) in [6.45, 7) is 6.95. The second-order valence-electron chi connectivity index (χ2n) is 4.84. The van der Waals surface area contributed by atoms with Crippen molar-refractivity contribution in [1.29, 1.82) is 0 Å². The maximum atomic E-state index is 12.0. The van der Waals surface area contributed by atoms with E-state index in [9.17, 15) is 9.59 Å². The summed E-state index contributed by atoms with van der Waals surface area (Å²) in [7, 11) is 0. The highest BCUT2D eigenvalue weighted by atomic mass is 127. The van der Waals surface area contributed by atoms with Crippen molar-refractivity contribution in [3.63, 3.8) is 0 Å². The highest BCUT2D eigenvalue weighted by molar-refractivity contribution is 14.1. The Bertz CT molecular complexity index is 281. The van der Waals surface area contributed by atoms with Crippen LogP contribution in [0.25, 0.3) is 0 Å². The van der Waals surface area contributed by atoms with E-state index in [2.05, 4.69) is 0 Å². The van der Waals surface area contributed by atoms with Crippen LogP contribution in [0, 0.1) is 5.92 Å². The zero-order valence-corrected chi connectivity index (χ0v) is 15.0.